The molecule has 32 heavy (non-hydrogen) atoms. The number of amides is 1. The number of hydrogen-bond acceptors (Lipinski definition) is 6. The van der Waals surface area contributed by atoms with Crippen molar-refractivity contribution < 1.29 is 9.18 Å². The van der Waals surface area contributed by atoms with Crippen LogP contribution in [-0.2, 0) is 0 Å². The number of carbonyl (C=O) groups is 1. The van der Waals surface area contributed by atoms with Crippen LogP contribution in [0.2, 0.25) is 0 Å². The van der Waals surface area contributed by atoms with Gasteiger partial charge in [0.25, 0.3) is 5.91 Å². The monoisotopic (exact) mass is 437 g/mol. The highest BCUT2D eigenvalue weighted by Gasteiger charge is 2.30. The Kier molecular flexibility index (Phi) is 6.36. The molecule has 1 amide bonds. The van der Waals surface area contributed by atoms with Gasteiger partial charge in [-0.1, -0.05) is 18.9 Å². The van der Waals surface area contributed by atoms with E-state index in [-0.39, 0.29) is 29.3 Å². The number of aromatic nitrogens is 3. The molecule has 4 rings (SSSR count). The van der Waals surface area contributed by atoms with Crippen LogP contribution in [0.15, 0.2) is 49.1 Å². The van der Waals surface area contributed by atoms with Gasteiger partial charge in [0, 0.05) is 42.9 Å². The summed E-state index contributed by atoms with van der Waals surface area (Å²) in [4.78, 5) is 22.5. The van der Waals surface area contributed by atoms with E-state index in [1.54, 1.807) is 12.5 Å². The Morgan fingerprint density at radius 3 is 2.81 bits per heavy atom. The summed E-state index contributed by atoms with van der Waals surface area (Å²) in [5, 5.41) is 6.49. The predicted octanol–water partition coefficient (Wildman–Crippen LogP) is 3.22. The van der Waals surface area contributed by atoms with Crippen molar-refractivity contribution in [2.24, 2.45) is 5.73 Å². The molecule has 2 heterocycles. The molecule has 1 saturated carbocycles. The predicted molar refractivity (Wildman–Crippen MR) is 123 cm³/mol. The third-order valence-corrected chi connectivity index (χ3v) is 6.07. The Balaban J connectivity index is 1.69. The van der Waals surface area contributed by atoms with Crippen LogP contribution >= 0.6 is 0 Å². The SMILES string of the molecule is CN[C@H]1CCCC[C@H]1N(C)c1nc(Nc2cccc(-n3ccnc3)c2)c(C(N)=O)cc1F. The number of nitrogens with zero attached hydrogens (tertiary/aromatic N) is 4. The summed E-state index contributed by atoms with van der Waals surface area (Å²) >= 11 is 0. The van der Waals surface area contributed by atoms with E-state index >= 15 is 4.39 Å². The molecule has 1 aromatic carbocycles. The highest BCUT2D eigenvalue weighted by molar-refractivity contribution is 5.98. The Labute approximate surface area is 186 Å². The van der Waals surface area contributed by atoms with E-state index < -0.39 is 11.7 Å². The van der Waals surface area contributed by atoms with Crippen molar-refractivity contribution >= 4 is 23.2 Å². The van der Waals surface area contributed by atoms with Gasteiger partial charge in [0.05, 0.1) is 11.9 Å². The molecule has 0 saturated heterocycles. The average molecular weight is 438 g/mol. The summed E-state index contributed by atoms with van der Waals surface area (Å²) < 4.78 is 16.9. The molecule has 1 aliphatic rings. The zero-order valence-corrected chi connectivity index (χ0v) is 18.3. The van der Waals surface area contributed by atoms with E-state index in [4.69, 9.17) is 5.73 Å². The first-order chi connectivity index (χ1) is 15.5. The van der Waals surface area contributed by atoms with Crippen molar-refractivity contribution in [2.75, 3.05) is 24.3 Å². The van der Waals surface area contributed by atoms with Gasteiger partial charge in [-0.2, -0.15) is 0 Å². The van der Waals surface area contributed by atoms with Crippen LogP contribution in [0.3, 0.4) is 0 Å². The summed E-state index contributed by atoms with van der Waals surface area (Å²) in [6.45, 7) is 0. The minimum absolute atomic E-state index is 0.00138. The number of carbonyl (C=O) groups excluding carboxylic acids is 1. The van der Waals surface area contributed by atoms with Gasteiger partial charge in [0.15, 0.2) is 11.6 Å². The number of likely N-dealkylation sites (N-methyl/N-ethyl adjacent to an activating group) is 2. The number of primary amides is 1. The lowest BCUT2D eigenvalue weighted by atomic mass is 9.89. The number of hydrogen-bond donors (Lipinski definition) is 3. The largest absolute Gasteiger partial charge is 0.365 e. The molecule has 168 valence electrons. The van der Waals surface area contributed by atoms with Crippen LogP contribution < -0.4 is 21.3 Å². The third-order valence-electron chi connectivity index (χ3n) is 6.07. The Bertz CT molecular complexity index is 1090. The molecule has 1 fully saturated rings. The topological polar surface area (TPSA) is 101 Å². The van der Waals surface area contributed by atoms with Gasteiger partial charge in [0.1, 0.15) is 5.82 Å². The third kappa shape index (κ3) is 4.43. The van der Waals surface area contributed by atoms with Crippen LogP contribution in [-0.4, -0.2) is 46.6 Å². The molecule has 1 aliphatic carbocycles. The molecule has 0 bridgehead atoms. The maximum absolute atomic E-state index is 15.0. The molecule has 0 aliphatic heterocycles. The van der Waals surface area contributed by atoms with Crippen LogP contribution in [0.5, 0.6) is 0 Å². The molecule has 8 nitrogen and oxygen atoms in total. The minimum Gasteiger partial charge on any atom is -0.365 e. The standard InChI is InChI=1S/C23H28FN7O/c1-26-19-8-3-4-9-20(19)30(2)23-18(24)13-17(21(25)32)22(29-23)28-15-6-5-7-16(12-15)31-11-10-27-14-31/h5-7,10-14,19-20,26H,3-4,8-9H2,1-2H3,(H2,25,32)(H,28,29)/t19-,20+/m0/s1. The van der Waals surface area contributed by atoms with Crippen LogP contribution in [0.4, 0.5) is 21.7 Å². The Morgan fingerprint density at radius 1 is 1.28 bits per heavy atom. The Hall–Kier alpha value is -3.46. The fourth-order valence-electron chi connectivity index (χ4n) is 4.37. The fourth-order valence-corrected chi connectivity index (χ4v) is 4.37. The lowest BCUT2D eigenvalue weighted by molar-refractivity contribution is 0.100. The van der Waals surface area contributed by atoms with E-state index in [1.165, 1.54) is 6.07 Å². The highest BCUT2D eigenvalue weighted by Crippen LogP contribution is 2.30. The number of nitrogens with two attached hydrogens (primary N) is 1. The number of imidazole rings is 1. The first kappa shape index (κ1) is 21.8. The molecule has 0 unspecified atom stereocenters. The zero-order valence-electron chi connectivity index (χ0n) is 18.3. The van der Waals surface area contributed by atoms with Crippen molar-refractivity contribution in [3.8, 4) is 5.69 Å². The van der Waals surface area contributed by atoms with Crippen molar-refractivity contribution in [3.05, 3.63) is 60.4 Å². The van der Waals surface area contributed by atoms with Crippen molar-refractivity contribution in [2.45, 2.75) is 37.8 Å². The number of anilines is 3. The van der Waals surface area contributed by atoms with Crippen molar-refractivity contribution in [1.82, 2.24) is 19.9 Å². The maximum atomic E-state index is 15.0. The number of pyridine rings is 1. The number of benzene rings is 1. The quantitative estimate of drug-likeness (QED) is 0.525. The second kappa shape index (κ2) is 9.35. The summed E-state index contributed by atoms with van der Waals surface area (Å²) in [6, 6.07) is 9.05. The molecule has 3 aromatic rings. The van der Waals surface area contributed by atoms with Gasteiger partial charge in [-0.15, -0.1) is 0 Å². The van der Waals surface area contributed by atoms with Gasteiger partial charge < -0.3 is 25.8 Å². The number of nitrogens with one attached hydrogen (secondary N) is 2. The molecule has 9 heteroatoms. The maximum Gasteiger partial charge on any atom is 0.252 e. The van der Waals surface area contributed by atoms with Gasteiger partial charge in [-0.3, -0.25) is 4.79 Å². The smallest absolute Gasteiger partial charge is 0.252 e. The summed E-state index contributed by atoms with van der Waals surface area (Å²) in [5.41, 5.74) is 7.11. The van der Waals surface area contributed by atoms with Crippen molar-refractivity contribution in [1.29, 1.82) is 0 Å². The molecule has 4 N–H and O–H groups in total. The van der Waals surface area contributed by atoms with Gasteiger partial charge >= 0.3 is 0 Å². The molecular weight excluding hydrogens is 409 g/mol. The van der Waals surface area contributed by atoms with Gasteiger partial charge in [-0.25, -0.2) is 14.4 Å². The Morgan fingerprint density at radius 2 is 2.09 bits per heavy atom. The van der Waals surface area contributed by atoms with Gasteiger partial charge in [-0.05, 0) is 44.2 Å². The fraction of sp³-hybridized carbons (Fsp3) is 0.348. The van der Waals surface area contributed by atoms with Crippen molar-refractivity contribution in [3.63, 3.8) is 0 Å². The highest BCUT2D eigenvalue weighted by atomic mass is 19.1. The summed E-state index contributed by atoms with van der Waals surface area (Å²) in [7, 11) is 3.77. The van der Waals surface area contributed by atoms with Crippen LogP contribution in [0, 0.1) is 5.82 Å². The minimum atomic E-state index is -0.746. The molecule has 0 radical (unpaired) electrons. The molecule has 2 atom stereocenters. The number of rotatable bonds is 7. The lowest BCUT2D eigenvalue weighted by Crippen LogP contribution is -2.50. The van der Waals surface area contributed by atoms with E-state index in [1.807, 2.05) is 54.0 Å². The van der Waals surface area contributed by atoms with E-state index in [0.29, 0.717) is 5.69 Å². The van der Waals surface area contributed by atoms with E-state index in [2.05, 4.69) is 20.6 Å². The number of halogens is 1. The second-order valence-electron chi connectivity index (χ2n) is 8.06. The van der Waals surface area contributed by atoms with Gasteiger partial charge in [0.2, 0.25) is 0 Å². The summed E-state index contributed by atoms with van der Waals surface area (Å²) in [6.07, 6.45) is 9.42. The summed E-state index contributed by atoms with van der Waals surface area (Å²) in [5.74, 6) is -0.903. The van der Waals surface area contributed by atoms with Crippen LogP contribution in [0.25, 0.3) is 5.69 Å². The molecule has 0 spiro atoms. The lowest BCUT2D eigenvalue weighted by Gasteiger charge is -2.38. The normalized spacial score (nSPS) is 18.3. The second-order valence-corrected chi connectivity index (χ2v) is 8.06. The van der Waals surface area contributed by atoms with E-state index in [9.17, 15) is 4.79 Å². The molecule has 2 aromatic heterocycles. The first-order valence-electron chi connectivity index (χ1n) is 10.7. The molecular formula is C23H28FN7O. The average Bonchev–Trinajstić information content (AvgIpc) is 3.34. The van der Waals surface area contributed by atoms with Crippen LogP contribution in [0.1, 0.15) is 36.0 Å². The zero-order chi connectivity index (χ0) is 22.7. The van der Waals surface area contributed by atoms with E-state index in [0.717, 1.165) is 31.4 Å². The first-order valence-corrected chi connectivity index (χ1v) is 10.7.